The quantitative estimate of drug-likeness (QED) is 0.918. The van der Waals surface area contributed by atoms with E-state index in [1.54, 1.807) is 11.2 Å². The van der Waals surface area contributed by atoms with Crippen molar-refractivity contribution >= 4 is 21.0 Å². The van der Waals surface area contributed by atoms with Gasteiger partial charge in [0.2, 0.25) is 10.0 Å². The molecule has 1 aliphatic heterocycles. The highest BCUT2D eigenvalue weighted by Gasteiger charge is 2.26. The number of nitrogens with one attached hydrogen (secondary N) is 1. The third-order valence-corrected chi connectivity index (χ3v) is 6.14. The Kier molecular flexibility index (Phi) is 4.52. The van der Waals surface area contributed by atoms with Crippen molar-refractivity contribution in [3.63, 3.8) is 0 Å². The third kappa shape index (κ3) is 3.34. The van der Waals surface area contributed by atoms with Gasteiger partial charge in [-0.2, -0.15) is 0 Å². The summed E-state index contributed by atoms with van der Waals surface area (Å²) in [4.78, 5) is 0. The molecule has 0 spiro atoms. The van der Waals surface area contributed by atoms with Gasteiger partial charge in [0, 0.05) is 24.5 Å². The number of hydrogen-bond acceptors (Lipinski definition) is 4. The summed E-state index contributed by atoms with van der Waals surface area (Å²) >= 11 is 0. The van der Waals surface area contributed by atoms with Crippen molar-refractivity contribution < 1.29 is 12.8 Å². The van der Waals surface area contributed by atoms with Crippen LogP contribution in [0.15, 0.2) is 34.7 Å². The highest BCUT2D eigenvalue weighted by atomic mass is 32.2. The molecular formula is C16H22N2O3S. The van der Waals surface area contributed by atoms with Crippen LogP contribution in [0.25, 0.3) is 11.0 Å². The number of furan rings is 1. The predicted molar refractivity (Wildman–Crippen MR) is 87.1 cm³/mol. The molecule has 0 amide bonds. The number of benzene rings is 1. The number of rotatable bonds is 5. The molecule has 0 saturated carbocycles. The van der Waals surface area contributed by atoms with Crippen LogP contribution < -0.4 is 5.32 Å². The first kappa shape index (κ1) is 15.5. The van der Waals surface area contributed by atoms with Gasteiger partial charge in [0.25, 0.3) is 0 Å². The van der Waals surface area contributed by atoms with Crippen molar-refractivity contribution in [3.8, 4) is 0 Å². The topological polar surface area (TPSA) is 62.6 Å². The van der Waals surface area contributed by atoms with Crippen LogP contribution >= 0.6 is 0 Å². The molecule has 1 aromatic heterocycles. The molecule has 5 nitrogen and oxygen atoms in total. The lowest BCUT2D eigenvalue weighted by molar-refractivity contribution is 0.284. The van der Waals surface area contributed by atoms with E-state index in [4.69, 9.17) is 4.42 Å². The van der Waals surface area contributed by atoms with E-state index in [2.05, 4.69) is 11.4 Å². The molecule has 0 bridgehead atoms. The first-order valence-corrected chi connectivity index (χ1v) is 9.38. The van der Waals surface area contributed by atoms with Crippen molar-refractivity contribution in [2.24, 2.45) is 0 Å². The summed E-state index contributed by atoms with van der Waals surface area (Å²) in [6, 6.07) is 10.4. The van der Waals surface area contributed by atoms with E-state index in [0.717, 1.165) is 29.6 Å². The summed E-state index contributed by atoms with van der Waals surface area (Å²) in [6.45, 7) is 3.59. The fraction of sp³-hybridized carbons (Fsp3) is 0.500. The predicted octanol–water partition coefficient (Wildman–Crippen LogP) is 2.34. The molecule has 120 valence electrons. The minimum Gasteiger partial charge on any atom is -0.460 e. The van der Waals surface area contributed by atoms with Gasteiger partial charge < -0.3 is 9.73 Å². The van der Waals surface area contributed by atoms with Gasteiger partial charge in [-0.05, 0) is 31.9 Å². The van der Waals surface area contributed by atoms with Gasteiger partial charge >= 0.3 is 0 Å². The van der Waals surface area contributed by atoms with E-state index >= 15 is 0 Å². The Morgan fingerprint density at radius 2 is 2.00 bits per heavy atom. The zero-order chi connectivity index (χ0) is 15.6. The van der Waals surface area contributed by atoms with Crippen molar-refractivity contribution in [2.45, 2.75) is 32.4 Å². The summed E-state index contributed by atoms with van der Waals surface area (Å²) in [7, 11) is -3.04. The van der Waals surface area contributed by atoms with Crippen LogP contribution in [0.3, 0.4) is 0 Å². The average Bonchev–Trinajstić information content (AvgIpc) is 2.96. The van der Waals surface area contributed by atoms with Crippen LogP contribution in [-0.2, 0) is 16.6 Å². The molecule has 2 aromatic rings. The SMILES string of the molecule is CCS(=O)(=O)N1CCC(NCc2cc3ccccc3o2)CC1. The molecule has 6 heteroatoms. The maximum absolute atomic E-state index is 11.8. The molecule has 1 aromatic carbocycles. The van der Waals surface area contributed by atoms with Crippen molar-refractivity contribution in [2.75, 3.05) is 18.8 Å². The van der Waals surface area contributed by atoms with E-state index in [1.807, 2.05) is 24.3 Å². The second kappa shape index (κ2) is 6.40. The Bertz CT molecular complexity index is 698. The summed E-state index contributed by atoms with van der Waals surface area (Å²) < 4.78 is 31.0. The molecule has 1 fully saturated rings. The number of nitrogens with zero attached hydrogens (tertiary/aromatic N) is 1. The number of para-hydroxylation sites is 1. The first-order valence-electron chi connectivity index (χ1n) is 7.77. The maximum Gasteiger partial charge on any atom is 0.213 e. The van der Waals surface area contributed by atoms with Gasteiger partial charge in [0.15, 0.2) is 0 Å². The number of fused-ring (bicyclic) bond motifs is 1. The average molecular weight is 322 g/mol. The number of hydrogen-bond donors (Lipinski definition) is 1. The van der Waals surface area contributed by atoms with Crippen LogP contribution in [0.4, 0.5) is 0 Å². The van der Waals surface area contributed by atoms with Crippen molar-refractivity contribution in [3.05, 3.63) is 36.1 Å². The van der Waals surface area contributed by atoms with Crippen LogP contribution in [-0.4, -0.2) is 37.6 Å². The van der Waals surface area contributed by atoms with E-state index in [1.165, 1.54) is 0 Å². The van der Waals surface area contributed by atoms with Gasteiger partial charge in [-0.25, -0.2) is 12.7 Å². The molecule has 0 radical (unpaired) electrons. The summed E-state index contributed by atoms with van der Waals surface area (Å²) in [5, 5.41) is 4.59. The highest BCUT2D eigenvalue weighted by Crippen LogP contribution is 2.20. The fourth-order valence-corrected chi connectivity index (χ4v) is 4.02. The number of sulfonamides is 1. The third-order valence-electron chi connectivity index (χ3n) is 4.25. The van der Waals surface area contributed by atoms with Crippen molar-refractivity contribution in [1.82, 2.24) is 9.62 Å². The summed E-state index contributed by atoms with van der Waals surface area (Å²) in [6.07, 6.45) is 1.69. The minimum absolute atomic E-state index is 0.185. The minimum atomic E-state index is -3.04. The monoisotopic (exact) mass is 322 g/mol. The van der Waals surface area contributed by atoms with Gasteiger partial charge in [0.05, 0.1) is 12.3 Å². The largest absolute Gasteiger partial charge is 0.460 e. The maximum atomic E-state index is 11.8. The van der Waals surface area contributed by atoms with E-state index < -0.39 is 10.0 Å². The van der Waals surface area contributed by atoms with E-state index in [0.29, 0.717) is 25.7 Å². The second-order valence-electron chi connectivity index (χ2n) is 5.71. The zero-order valence-electron chi connectivity index (χ0n) is 12.8. The molecule has 0 aliphatic carbocycles. The van der Waals surface area contributed by atoms with Crippen LogP contribution in [0.1, 0.15) is 25.5 Å². The van der Waals surface area contributed by atoms with Gasteiger partial charge in [0.1, 0.15) is 11.3 Å². The lowest BCUT2D eigenvalue weighted by Gasteiger charge is -2.31. The Balaban J connectivity index is 1.53. The Hall–Kier alpha value is -1.37. The Morgan fingerprint density at radius 3 is 2.68 bits per heavy atom. The summed E-state index contributed by atoms with van der Waals surface area (Å²) in [5.41, 5.74) is 0.906. The van der Waals surface area contributed by atoms with Gasteiger partial charge in [-0.3, -0.25) is 0 Å². The van der Waals surface area contributed by atoms with Gasteiger partial charge in [-0.15, -0.1) is 0 Å². The van der Waals surface area contributed by atoms with Gasteiger partial charge in [-0.1, -0.05) is 18.2 Å². The van der Waals surface area contributed by atoms with Crippen molar-refractivity contribution in [1.29, 1.82) is 0 Å². The highest BCUT2D eigenvalue weighted by molar-refractivity contribution is 7.89. The molecule has 2 heterocycles. The molecule has 1 aliphatic rings. The smallest absolute Gasteiger partial charge is 0.213 e. The van der Waals surface area contributed by atoms with Crippen LogP contribution in [0.5, 0.6) is 0 Å². The second-order valence-corrected chi connectivity index (χ2v) is 7.96. The molecule has 0 unspecified atom stereocenters. The van der Waals surface area contributed by atoms with E-state index in [9.17, 15) is 8.42 Å². The lowest BCUT2D eigenvalue weighted by Crippen LogP contribution is -2.45. The standard InChI is InChI=1S/C16H22N2O3S/c1-2-22(19,20)18-9-7-14(8-10-18)17-12-15-11-13-5-3-4-6-16(13)21-15/h3-6,11,14,17H,2,7-10,12H2,1H3. The fourth-order valence-electron chi connectivity index (χ4n) is 2.89. The number of piperidine rings is 1. The molecule has 22 heavy (non-hydrogen) atoms. The molecule has 1 saturated heterocycles. The molecule has 1 N–H and O–H groups in total. The van der Waals surface area contributed by atoms with Crippen LogP contribution in [0.2, 0.25) is 0 Å². The zero-order valence-corrected chi connectivity index (χ0v) is 13.6. The normalized spacial score (nSPS) is 18.0. The lowest BCUT2D eigenvalue weighted by atomic mass is 10.1. The molecular weight excluding hydrogens is 300 g/mol. The molecule has 0 atom stereocenters. The van der Waals surface area contributed by atoms with Crippen LogP contribution in [0, 0.1) is 0 Å². The Labute approximate surface area is 131 Å². The van der Waals surface area contributed by atoms with E-state index in [-0.39, 0.29) is 5.75 Å². The Morgan fingerprint density at radius 1 is 1.27 bits per heavy atom. The first-order chi connectivity index (χ1) is 10.6. The molecule has 3 rings (SSSR count). The summed E-state index contributed by atoms with van der Waals surface area (Å²) in [5.74, 6) is 1.11.